The van der Waals surface area contributed by atoms with Gasteiger partial charge in [0.15, 0.2) is 5.69 Å². The number of methoxy groups -OCH3 is 1. The Kier molecular flexibility index (Phi) is 4.03. The number of fused-ring (bicyclic) bond motifs is 1. The average molecular weight is 320 g/mol. The van der Waals surface area contributed by atoms with Gasteiger partial charge in [0.2, 0.25) is 0 Å². The second kappa shape index (κ2) is 5.62. The van der Waals surface area contributed by atoms with Gasteiger partial charge in [-0.25, -0.2) is 0 Å². The molecule has 3 rings (SSSR count). The number of nitrogens with zero attached hydrogens (tertiary/aromatic N) is 2. The minimum Gasteiger partial charge on any atom is -0.384 e. The summed E-state index contributed by atoms with van der Waals surface area (Å²) in [7, 11) is 1.75. The monoisotopic (exact) mass is 320 g/mol. The third-order valence-electron chi connectivity index (χ3n) is 5.51. The number of ether oxygens (including phenoxy) is 1. The van der Waals surface area contributed by atoms with E-state index in [1.165, 1.54) is 0 Å². The molecule has 0 radical (unpaired) electrons. The first kappa shape index (κ1) is 16.5. The maximum Gasteiger partial charge on any atom is 0.276 e. The lowest BCUT2D eigenvalue weighted by Gasteiger charge is -2.56. The van der Waals surface area contributed by atoms with Gasteiger partial charge in [-0.2, -0.15) is 0 Å². The lowest BCUT2D eigenvalue weighted by molar-refractivity contribution is -0.107. The van der Waals surface area contributed by atoms with Gasteiger partial charge >= 0.3 is 0 Å². The summed E-state index contributed by atoms with van der Waals surface area (Å²) in [6, 6.07) is 1.80. The molecule has 1 aromatic rings. The summed E-state index contributed by atoms with van der Waals surface area (Å²) in [4.78, 5) is 14.7. The maximum atomic E-state index is 12.8. The second-order valence-corrected chi connectivity index (χ2v) is 8.48. The quantitative estimate of drug-likeness (QED) is 0.837. The largest absolute Gasteiger partial charge is 0.384 e. The molecule has 23 heavy (non-hydrogen) atoms. The molecule has 0 aromatic carbocycles. The van der Waals surface area contributed by atoms with E-state index in [1.54, 1.807) is 13.2 Å². The van der Waals surface area contributed by atoms with E-state index >= 15 is 0 Å². The smallest absolute Gasteiger partial charge is 0.276 e. The summed E-state index contributed by atoms with van der Waals surface area (Å²) >= 11 is 0. The summed E-state index contributed by atoms with van der Waals surface area (Å²) < 4.78 is 10.8. The van der Waals surface area contributed by atoms with Crippen molar-refractivity contribution in [3.63, 3.8) is 0 Å². The summed E-state index contributed by atoms with van der Waals surface area (Å²) in [5.74, 6) is 1.77. The summed E-state index contributed by atoms with van der Waals surface area (Å²) in [5.41, 5.74) is 0.839. The van der Waals surface area contributed by atoms with Crippen LogP contribution in [0.2, 0.25) is 0 Å². The first-order valence-electron chi connectivity index (χ1n) is 8.51. The predicted octanol–water partition coefficient (Wildman–Crippen LogP) is 3.01. The number of likely N-dealkylation sites (tertiary alicyclic amines) is 1. The molecule has 5 heteroatoms. The first-order chi connectivity index (χ1) is 10.8. The maximum absolute atomic E-state index is 12.8. The van der Waals surface area contributed by atoms with Crippen LogP contribution in [0.4, 0.5) is 0 Å². The van der Waals surface area contributed by atoms with E-state index in [4.69, 9.17) is 9.26 Å². The molecule has 2 aliphatic rings. The van der Waals surface area contributed by atoms with Gasteiger partial charge in [0.25, 0.3) is 5.91 Å². The summed E-state index contributed by atoms with van der Waals surface area (Å²) in [5, 5.41) is 3.99. The Morgan fingerprint density at radius 1 is 1.52 bits per heavy atom. The fraction of sp³-hybridized carbons (Fsp3) is 0.778. The van der Waals surface area contributed by atoms with Gasteiger partial charge in [0.05, 0.1) is 6.61 Å². The van der Waals surface area contributed by atoms with Gasteiger partial charge in [-0.3, -0.25) is 4.79 Å². The third-order valence-corrected chi connectivity index (χ3v) is 5.51. The molecule has 5 nitrogen and oxygen atoms in total. The first-order valence-corrected chi connectivity index (χ1v) is 8.51. The SMILES string of the molecule is COC[C@@]12CN(C(=O)c3cc(CC(C)C)on3)C[C@@H]1C(C)(C)C2. The van der Waals surface area contributed by atoms with Crippen LogP contribution in [-0.2, 0) is 11.2 Å². The van der Waals surface area contributed by atoms with Crippen molar-refractivity contribution in [1.82, 2.24) is 10.1 Å². The van der Waals surface area contributed by atoms with Crippen LogP contribution in [0, 0.1) is 22.7 Å². The Labute approximate surface area is 138 Å². The van der Waals surface area contributed by atoms with E-state index < -0.39 is 0 Å². The van der Waals surface area contributed by atoms with Crippen molar-refractivity contribution in [1.29, 1.82) is 0 Å². The number of hydrogen-bond acceptors (Lipinski definition) is 4. The van der Waals surface area contributed by atoms with Gasteiger partial charge in [-0.05, 0) is 23.7 Å². The molecule has 0 bridgehead atoms. The highest BCUT2D eigenvalue weighted by atomic mass is 16.5. The minimum atomic E-state index is -0.00978. The molecule has 1 saturated heterocycles. The fourth-order valence-corrected chi connectivity index (χ4v) is 4.84. The minimum absolute atomic E-state index is 0.00978. The molecule has 2 atom stereocenters. The molecule has 0 N–H and O–H groups in total. The van der Waals surface area contributed by atoms with Crippen LogP contribution < -0.4 is 0 Å². The van der Waals surface area contributed by atoms with Crippen LogP contribution in [0.25, 0.3) is 0 Å². The normalized spacial score (nSPS) is 28.8. The Morgan fingerprint density at radius 3 is 2.87 bits per heavy atom. The van der Waals surface area contributed by atoms with Gasteiger partial charge in [-0.1, -0.05) is 32.9 Å². The molecule has 128 valence electrons. The summed E-state index contributed by atoms with van der Waals surface area (Å²) in [6.45, 7) is 11.1. The van der Waals surface area contributed by atoms with Crippen LogP contribution >= 0.6 is 0 Å². The Bertz CT molecular complexity index is 593. The number of carbonyl (C=O) groups excluding carboxylic acids is 1. The van der Waals surface area contributed by atoms with Gasteiger partial charge < -0.3 is 14.2 Å². The molecular weight excluding hydrogens is 292 g/mol. The van der Waals surface area contributed by atoms with E-state index in [0.29, 0.717) is 17.5 Å². The summed E-state index contributed by atoms with van der Waals surface area (Å²) in [6.07, 6.45) is 1.92. The molecule has 1 saturated carbocycles. The Hall–Kier alpha value is -1.36. The number of amides is 1. The molecule has 0 spiro atoms. The number of aromatic nitrogens is 1. The lowest BCUT2D eigenvalue weighted by atomic mass is 9.48. The Balaban J connectivity index is 1.73. The fourth-order valence-electron chi connectivity index (χ4n) is 4.84. The molecule has 1 amide bonds. The van der Waals surface area contributed by atoms with Crippen molar-refractivity contribution in [3.05, 3.63) is 17.5 Å². The van der Waals surface area contributed by atoms with Crippen LogP contribution in [0.5, 0.6) is 0 Å². The zero-order valence-electron chi connectivity index (χ0n) is 14.9. The van der Waals surface area contributed by atoms with Crippen molar-refractivity contribution in [2.45, 2.75) is 40.5 Å². The van der Waals surface area contributed by atoms with Crippen molar-refractivity contribution < 1.29 is 14.1 Å². The highest BCUT2D eigenvalue weighted by molar-refractivity contribution is 5.92. The lowest BCUT2D eigenvalue weighted by Crippen LogP contribution is -2.55. The van der Waals surface area contributed by atoms with E-state index in [-0.39, 0.29) is 16.7 Å². The molecule has 0 unspecified atom stereocenters. The molecule has 2 fully saturated rings. The molecular formula is C18H28N2O3. The zero-order valence-corrected chi connectivity index (χ0v) is 14.9. The number of hydrogen-bond donors (Lipinski definition) is 0. The van der Waals surface area contributed by atoms with Crippen molar-refractivity contribution in [2.75, 3.05) is 26.8 Å². The predicted molar refractivity (Wildman–Crippen MR) is 87.1 cm³/mol. The van der Waals surface area contributed by atoms with Crippen LogP contribution in [-0.4, -0.2) is 42.8 Å². The van der Waals surface area contributed by atoms with Crippen molar-refractivity contribution in [2.24, 2.45) is 22.7 Å². The van der Waals surface area contributed by atoms with Crippen molar-refractivity contribution in [3.8, 4) is 0 Å². The van der Waals surface area contributed by atoms with Gasteiger partial charge in [0, 0.05) is 38.1 Å². The Morgan fingerprint density at radius 2 is 2.26 bits per heavy atom. The topological polar surface area (TPSA) is 55.6 Å². The van der Waals surface area contributed by atoms with Crippen LogP contribution in [0.3, 0.4) is 0 Å². The highest BCUT2D eigenvalue weighted by Crippen LogP contribution is 2.62. The van der Waals surface area contributed by atoms with Crippen LogP contribution in [0.15, 0.2) is 10.6 Å². The van der Waals surface area contributed by atoms with Gasteiger partial charge in [-0.15, -0.1) is 0 Å². The van der Waals surface area contributed by atoms with E-state index in [2.05, 4.69) is 32.9 Å². The standard InChI is InChI=1S/C18H28N2O3/c1-12(2)6-13-7-14(19-23-13)16(21)20-8-15-17(3,4)9-18(15,10-20)11-22-5/h7,12,15H,6,8-11H2,1-5H3/t15-,18-/m1/s1. The van der Waals surface area contributed by atoms with E-state index in [9.17, 15) is 4.79 Å². The zero-order chi connectivity index (χ0) is 16.8. The van der Waals surface area contributed by atoms with E-state index in [1.807, 2.05) is 4.90 Å². The number of carbonyl (C=O) groups is 1. The van der Waals surface area contributed by atoms with Gasteiger partial charge in [0.1, 0.15) is 5.76 Å². The highest BCUT2D eigenvalue weighted by Gasteiger charge is 2.63. The molecule has 1 aliphatic carbocycles. The average Bonchev–Trinajstić information content (AvgIpc) is 3.01. The molecule has 1 aromatic heterocycles. The second-order valence-electron chi connectivity index (χ2n) is 8.48. The third kappa shape index (κ3) is 2.80. The van der Waals surface area contributed by atoms with Crippen molar-refractivity contribution >= 4 is 5.91 Å². The van der Waals surface area contributed by atoms with Crippen LogP contribution in [0.1, 0.15) is 50.4 Å². The number of rotatable bonds is 5. The molecule has 1 aliphatic heterocycles. The van der Waals surface area contributed by atoms with E-state index in [0.717, 1.165) is 38.3 Å². The molecule has 2 heterocycles.